The van der Waals surface area contributed by atoms with Gasteiger partial charge in [-0.2, -0.15) is 0 Å². The van der Waals surface area contributed by atoms with Crippen molar-refractivity contribution < 1.29 is 4.42 Å². The highest BCUT2D eigenvalue weighted by molar-refractivity contribution is 6.22. The molecule has 0 radical (unpaired) electrons. The van der Waals surface area contributed by atoms with Crippen molar-refractivity contribution in [1.29, 1.82) is 0 Å². The molecule has 0 aliphatic heterocycles. The minimum atomic E-state index is -0.132. The molecule has 63 heavy (non-hydrogen) atoms. The van der Waals surface area contributed by atoms with Crippen molar-refractivity contribution in [2.24, 2.45) is 0 Å². The van der Waals surface area contributed by atoms with Crippen molar-refractivity contribution in [2.75, 3.05) is 4.90 Å². The summed E-state index contributed by atoms with van der Waals surface area (Å²) in [6, 6.07) is 81.6. The first kappa shape index (κ1) is 36.9. The van der Waals surface area contributed by atoms with Gasteiger partial charge in [-0.3, -0.25) is 0 Å². The van der Waals surface area contributed by atoms with Gasteiger partial charge in [-0.15, -0.1) is 0 Å². The molecule has 1 aliphatic rings. The van der Waals surface area contributed by atoms with Crippen molar-refractivity contribution in [3.05, 3.63) is 236 Å². The smallest absolute Gasteiger partial charge is 0.143 e. The van der Waals surface area contributed by atoms with Gasteiger partial charge in [0.1, 0.15) is 11.2 Å². The summed E-state index contributed by atoms with van der Waals surface area (Å²) in [5.41, 5.74) is 19.7. The molecule has 0 fully saturated rings. The van der Waals surface area contributed by atoms with Gasteiger partial charge in [0.2, 0.25) is 0 Å². The topological polar surface area (TPSA) is 16.4 Å². The fourth-order valence-corrected chi connectivity index (χ4v) is 10.1. The monoisotopic (exact) mass is 805 g/mol. The van der Waals surface area contributed by atoms with E-state index in [0.717, 1.165) is 55.3 Å². The van der Waals surface area contributed by atoms with Crippen LogP contribution in [0.2, 0.25) is 0 Å². The van der Waals surface area contributed by atoms with Crippen LogP contribution in [0, 0.1) is 0 Å². The van der Waals surface area contributed by atoms with Crippen molar-refractivity contribution >= 4 is 49.8 Å². The van der Waals surface area contributed by atoms with Gasteiger partial charge in [-0.05, 0) is 139 Å². The van der Waals surface area contributed by atoms with Crippen molar-refractivity contribution in [2.45, 2.75) is 19.3 Å². The highest BCUT2D eigenvalue weighted by Crippen LogP contribution is 2.52. The molecule has 0 spiro atoms. The molecule has 0 bridgehead atoms. The van der Waals surface area contributed by atoms with Crippen molar-refractivity contribution in [3.8, 4) is 55.6 Å². The lowest BCUT2D eigenvalue weighted by atomic mass is 9.82. The molecule has 0 unspecified atom stereocenters. The number of para-hydroxylation sites is 1. The number of hydrogen-bond acceptors (Lipinski definition) is 2. The standard InChI is InChI=1S/C61H43NO/c1-61(2)55-29-15-14-27-50(55)51-33-32-48(38-56(51)61)62(47-24-10-5-11-25-47)57-30-17-31-58-59(57)54-39-53(49-26-12-13-28-52(49)60(54)63-58)43-23-16-22-42(34-43)46-36-44(40-18-6-3-7-19-40)35-45(37-46)41-20-8-4-9-21-41/h3-39H,1-2H3. The average molecular weight is 806 g/mol. The Balaban J connectivity index is 1.05. The molecule has 0 N–H and O–H groups in total. The molecule has 0 saturated carbocycles. The Hall–Kier alpha value is -7.94. The fraction of sp³-hybridized carbons (Fsp3) is 0.0492. The molecule has 0 saturated heterocycles. The summed E-state index contributed by atoms with van der Waals surface area (Å²) in [6.07, 6.45) is 0. The largest absolute Gasteiger partial charge is 0.455 e. The van der Waals surface area contributed by atoms with Gasteiger partial charge in [0.05, 0.1) is 11.1 Å². The van der Waals surface area contributed by atoms with Crippen LogP contribution in [0.25, 0.3) is 88.3 Å². The molecule has 298 valence electrons. The van der Waals surface area contributed by atoms with Crippen molar-refractivity contribution in [1.82, 2.24) is 0 Å². The summed E-state index contributed by atoms with van der Waals surface area (Å²) in [4.78, 5) is 2.41. The lowest BCUT2D eigenvalue weighted by Crippen LogP contribution is -2.16. The summed E-state index contributed by atoms with van der Waals surface area (Å²) in [5, 5.41) is 4.43. The predicted molar refractivity (Wildman–Crippen MR) is 265 cm³/mol. The minimum Gasteiger partial charge on any atom is -0.455 e. The Kier molecular flexibility index (Phi) is 8.55. The number of benzene rings is 10. The third-order valence-electron chi connectivity index (χ3n) is 13.2. The van der Waals surface area contributed by atoms with Gasteiger partial charge >= 0.3 is 0 Å². The maximum Gasteiger partial charge on any atom is 0.143 e. The van der Waals surface area contributed by atoms with E-state index in [9.17, 15) is 0 Å². The van der Waals surface area contributed by atoms with Crippen LogP contribution >= 0.6 is 0 Å². The molecule has 0 amide bonds. The fourth-order valence-electron chi connectivity index (χ4n) is 10.1. The lowest BCUT2D eigenvalue weighted by Gasteiger charge is -2.28. The Bertz CT molecular complexity index is 3470. The number of nitrogens with zero attached hydrogens (tertiary/aromatic N) is 1. The Morgan fingerprint density at radius 3 is 1.63 bits per heavy atom. The number of hydrogen-bond donors (Lipinski definition) is 0. The second kappa shape index (κ2) is 14.6. The van der Waals surface area contributed by atoms with E-state index >= 15 is 0 Å². The molecule has 1 aromatic heterocycles. The minimum absolute atomic E-state index is 0.132. The van der Waals surface area contributed by atoms with Gasteiger partial charge in [0, 0.05) is 27.6 Å². The zero-order valence-electron chi connectivity index (χ0n) is 35.2. The van der Waals surface area contributed by atoms with E-state index in [1.807, 2.05) is 0 Å². The van der Waals surface area contributed by atoms with Crippen LogP contribution in [0.3, 0.4) is 0 Å². The first-order valence-electron chi connectivity index (χ1n) is 21.8. The number of anilines is 3. The van der Waals surface area contributed by atoms with Gasteiger partial charge in [-0.25, -0.2) is 0 Å². The van der Waals surface area contributed by atoms with Gasteiger partial charge in [-0.1, -0.05) is 172 Å². The first-order chi connectivity index (χ1) is 31.0. The van der Waals surface area contributed by atoms with Crippen LogP contribution in [-0.2, 0) is 5.41 Å². The van der Waals surface area contributed by atoms with Crippen LogP contribution in [0.4, 0.5) is 17.1 Å². The molecule has 2 nitrogen and oxygen atoms in total. The molecule has 1 aliphatic carbocycles. The molecule has 11 aromatic rings. The molecular weight excluding hydrogens is 763 g/mol. The molecule has 10 aromatic carbocycles. The quantitative estimate of drug-likeness (QED) is 0.160. The van der Waals surface area contributed by atoms with E-state index in [0.29, 0.717) is 0 Å². The van der Waals surface area contributed by atoms with Crippen LogP contribution in [0.1, 0.15) is 25.0 Å². The zero-order chi connectivity index (χ0) is 42.1. The van der Waals surface area contributed by atoms with Gasteiger partial charge in [0.15, 0.2) is 0 Å². The predicted octanol–water partition coefficient (Wildman–Crippen LogP) is 17.2. The maximum absolute atomic E-state index is 6.95. The maximum atomic E-state index is 6.95. The van der Waals surface area contributed by atoms with Crippen LogP contribution in [0.5, 0.6) is 0 Å². The normalized spacial score (nSPS) is 12.7. The van der Waals surface area contributed by atoms with Gasteiger partial charge in [0.25, 0.3) is 0 Å². The van der Waals surface area contributed by atoms with E-state index in [4.69, 9.17) is 4.42 Å². The van der Waals surface area contributed by atoms with Gasteiger partial charge < -0.3 is 9.32 Å². The van der Waals surface area contributed by atoms with Crippen molar-refractivity contribution in [3.63, 3.8) is 0 Å². The summed E-state index contributed by atoms with van der Waals surface area (Å²) in [6.45, 7) is 4.70. The third-order valence-corrected chi connectivity index (χ3v) is 13.2. The highest BCUT2D eigenvalue weighted by Gasteiger charge is 2.36. The van der Waals surface area contributed by atoms with Crippen LogP contribution < -0.4 is 4.90 Å². The Morgan fingerprint density at radius 2 is 0.905 bits per heavy atom. The van der Waals surface area contributed by atoms with E-state index < -0.39 is 0 Å². The Morgan fingerprint density at radius 1 is 0.349 bits per heavy atom. The van der Waals surface area contributed by atoms with E-state index in [1.165, 1.54) is 61.2 Å². The first-order valence-corrected chi connectivity index (χ1v) is 21.8. The summed E-state index contributed by atoms with van der Waals surface area (Å²) < 4.78 is 6.95. The zero-order valence-corrected chi connectivity index (χ0v) is 35.2. The summed E-state index contributed by atoms with van der Waals surface area (Å²) in [7, 11) is 0. The van der Waals surface area contributed by atoms with Crippen LogP contribution in [0.15, 0.2) is 229 Å². The van der Waals surface area contributed by atoms with E-state index in [1.54, 1.807) is 0 Å². The Labute approximate surface area is 368 Å². The highest BCUT2D eigenvalue weighted by atomic mass is 16.3. The summed E-state index contributed by atoms with van der Waals surface area (Å²) >= 11 is 0. The average Bonchev–Trinajstić information content (AvgIpc) is 3.84. The molecule has 0 atom stereocenters. The molecular formula is C61H43NO. The SMILES string of the molecule is CC1(C)c2ccccc2-c2ccc(N(c3ccccc3)c3cccc4oc5c6ccccc6c(-c6cccc(-c7cc(-c8ccccc8)cc(-c8ccccc8)c7)c6)cc5c34)cc21. The second-order valence-corrected chi connectivity index (χ2v) is 17.3. The number of fused-ring (bicyclic) bond motifs is 8. The third kappa shape index (κ3) is 6.09. The lowest BCUT2D eigenvalue weighted by molar-refractivity contribution is 0.660. The van der Waals surface area contributed by atoms with Crippen LogP contribution in [-0.4, -0.2) is 0 Å². The van der Waals surface area contributed by atoms with E-state index in [-0.39, 0.29) is 5.41 Å². The molecule has 1 heterocycles. The second-order valence-electron chi connectivity index (χ2n) is 17.3. The number of furan rings is 1. The molecule has 12 rings (SSSR count). The van der Waals surface area contributed by atoms with E-state index in [2.05, 4.69) is 243 Å². The summed E-state index contributed by atoms with van der Waals surface area (Å²) in [5.74, 6) is 0. The molecule has 2 heteroatoms. The number of rotatable bonds is 7.